The lowest BCUT2D eigenvalue weighted by Crippen LogP contribution is -2.34. The predicted octanol–water partition coefficient (Wildman–Crippen LogP) is 1.32. The highest BCUT2D eigenvalue weighted by atomic mass is 16.6. The van der Waals surface area contributed by atoms with E-state index in [1.54, 1.807) is 24.0 Å². The van der Waals surface area contributed by atoms with E-state index in [1.165, 1.54) is 0 Å². The van der Waals surface area contributed by atoms with Gasteiger partial charge in [0.05, 0.1) is 12.7 Å². The lowest BCUT2D eigenvalue weighted by molar-refractivity contribution is 0.0519. The Morgan fingerprint density at radius 1 is 1.53 bits per heavy atom. The number of hydrogen-bond acceptors (Lipinski definition) is 4. The maximum Gasteiger partial charge on any atom is 0.407 e. The third kappa shape index (κ3) is 5.24. The number of carbonyl (C=O) groups is 1. The fraction of sp³-hybridized carbons (Fsp3) is 0.636. The molecule has 6 nitrogen and oxygen atoms in total. The normalized spacial score (nSPS) is 11.1. The second kappa shape index (κ2) is 5.56. The molecule has 0 fully saturated rings. The van der Waals surface area contributed by atoms with Crippen molar-refractivity contribution in [3.8, 4) is 5.88 Å². The highest BCUT2D eigenvalue weighted by Crippen LogP contribution is 2.07. The molecule has 1 heterocycles. The molecule has 17 heavy (non-hydrogen) atoms. The van der Waals surface area contributed by atoms with E-state index in [-0.39, 0.29) is 0 Å². The summed E-state index contributed by atoms with van der Waals surface area (Å²) in [6.45, 7) is 6.22. The molecule has 0 radical (unpaired) electrons. The van der Waals surface area contributed by atoms with Crippen LogP contribution < -0.4 is 10.1 Å². The second-order valence-corrected chi connectivity index (χ2v) is 4.57. The first kappa shape index (κ1) is 13.3. The molecule has 0 unspecified atom stereocenters. The Morgan fingerprint density at radius 2 is 2.24 bits per heavy atom. The van der Waals surface area contributed by atoms with Crippen molar-refractivity contribution in [2.75, 3.05) is 13.2 Å². The topological polar surface area (TPSA) is 65.4 Å². The maximum absolute atomic E-state index is 11.3. The molecule has 0 aliphatic rings. The van der Waals surface area contributed by atoms with Crippen LogP contribution in [-0.2, 0) is 11.8 Å². The summed E-state index contributed by atoms with van der Waals surface area (Å²) in [6.07, 6.45) is 1.21. The Balaban J connectivity index is 2.17. The summed E-state index contributed by atoms with van der Waals surface area (Å²) >= 11 is 0. The molecular formula is C11H19N3O3. The average molecular weight is 241 g/mol. The van der Waals surface area contributed by atoms with Gasteiger partial charge in [-0.3, -0.25) is 0 Å². The molecule has 0 saturated heterocycles. The zero-order valence-electron chi connectivity index (χ0n) is 10.7. The summed E-state index contributed by atoms with van der Waals surface area (Å²) in [7, 11) is 1.79. The van der Waals surface area contributed by atoms with Crippen molar-refractivity contribution in [1.29, 1.82) is 0 Å². The molecule has 1 aromatic heterocycles. The Bertz CT molecular complexity index is 368. The van der Waals surface area contributed by atoms with Crippen LogP contribution in [0.4, 0.5) is 4.79 Å². The van der Waals surface area contributed by atoms with Crippen molar-refractivity contribution in [3.63, 3.8) is 0 Å². The summed E-state index contributed by atoms with van der Waals surface area (Å²) in [5.41, 5.74) is -0.479. The Morgan fingerprint density at radius 3 is 2.76 bits per heavy atom. The molecular weight excluding hydrogens is 222 g/mol. The van der Waals surface area contributed by atoms with Crippen LogP contribution in [0.15, 0.2) is 12.3 Å². The van der Waals surface area contributed by atoms with Gasteiger partial charge in [-0.15, -0.1) is 0 Å². The summed E-state index contributed by atoms with van der Waals surface area (Å²) in [5, 5.41) is 6.56. The van der Waals surface area contributed by atoms with Gasteiger partial charge in [-0.2, -0.15) is 5.10 Å². The number of carbonyl (C=O) groups excluding carboxylic acids is 1. The summed E-state index contributed by atoms with van der Waals surface area (Å²) < 4.78 is 12.1. The molecule has 0 bridgehead atoms. The van der Waals surface area contributed by atoms with Crippen LogP contribution in [0.25, 0.3) is 0 Å². The van der Waals surface area contributed by atoms with Crippen LogP contribution in [0.3, 0.4) is 0 Å². The van der Waals surface area contributed by atoms with Crippen LogP contribution in [0.2, 0.25) is 0 Å². The number of aromatic nitrogens is 2. The number of hydrogen-bond donors (Lipinski definition) is 1. The van der Waals surface area contributed by atoms with Gasteiger partial charge in [0.15, 0.2) is 0 Å². The molecule has 0 saturated carbocycles. The van der Waals surface area contributed by atoms with E-state index in [0.717, 1.165) is 0 Å². The van der Waals surface area contributed by atoms with Crippen molar-refractivity contribution in [3.05, 3.63) is 12.3 Å². The standard InChI is InChI=1S/C11H19N3O3/c1-11(2,3)17-10(15)12-7-8-16-9-5-6-13-14(9)4/h5-6H,7-8H2,1-4H3,(H,12,15). The van der Waals surface area contributed by atoms with Crippen LogP contribution in [0.5, 0.6) is 5.88 Å². The smallest absolute Gasteiger partial charge is 0.407 e. The fourth-order valence-corrected chi connectivity index (χ4v) is 1.13. The molecule has 0 atom stereocenters. The molecule has 1 rings (SSSR count). The molecule has 96 valence electrons. The number of alkyl carbamates (subject to hydrolysis) is 1. The van der Waals surface area contributed by atoms with Crippen molar-refractivity contribution in [2.24, 2.45) is 7.05 Å². The van der Waals surface area contributed by atoms with Gasteiger partial charge in [0, 0.05) is 13.1 Å². The maximum atomic E-state index is 11.3. The first-order valence-electron chi connectivity index (χ1n) is 5.46. The molecule has 0 aliphatic carbocycles. The quantitative estimate of drug-likeness (QED) is 0.807. The predicted molar refractivity (Wildman–Crippen MR) is 62.9 cm³/mol. The van der Waals surface area contributed by atoms with Crippen molar-refractivity contribution < 1.29 is 14.3 Å². The number of nitrogens with one attached hydrogen (secondary N) is 1. The Labute approximate surface area is 101 Å². The highest BCUT2D eigenvalue weighted by molar-refractivity contribution is 5.67. The van der Waals surface area contributed by atoms with Gasteiger partial charge in [0.1, 0.15) is 12.2 Å². The summed E-state index contributed by atoms with van der Waals surface area (Å²) in [4.78, 5) is 11.3. The highest BCUT2D eigenvalue weighted by Gasteiger charge is 2.15. The van der Waals surface area contributed by atoms with Gasteiger partial charge in [0.25, 0.3) is 0 Å². The fourth-order valence-electron chi connectivity index (χ4n) is 1.13. The first-order chi connectivity index (χ1) is 7.88. The van der Waals surface area contributed by atoms with Gasteiger partial charge < -0.3 is 14.8 Å². The van der Waals surface area contributed by atoms with E-state index in [4.69, 9.17) is 9.47 Å². The number of amides is 1. The first-order valence-corrected chi connectivity index (χ1v) is 5.46. The number of nitrogens with zero attached hydrogens (tertiary/aromatic N) is 2. The lowest BCUT2D eigenvalue weighted by atomic mass is 10.2. The van der Waals surface area contributed by atoms with Crippen LogP contribution in [0.1, 0.15) is 20.8 Å². The molecule has 6 heteroatoms. The number of ether oxygens (including phenoxy) is 2. The van der Waals surface area contributed by atoms with Gasteiger partial charge in [-0.1, -0.05) is 0 Å². The third-order valence-electron chi connectivity index (χ3n) is 1.80. The van der Waals surface area contributed by atoms with Crippen LogP contribution >= 0.6 is 0 Å². The minimum atomic E-state index is -0.479. The molecule has 0 aromatic carbocycles. The van der Waals surface area contributed by atoms with Crippen molar-refractivity contribution >= 4 is 6.09 Å². The van der Waals surface area contributed by atoms with Gasteiger partial charge in [-0.25, -0.2) is 9.48 Å². The van der Waals surface area contributed by atoms with Gasteiger partial charge in [0.2, 0.25) is 5.88 Å². The molecule has 0 spiro atoms. The lowest BCUT2D eigenvalue weighted by Gasteiger charge is -2.19. The van der Waals surface area contributed by atoms with Crippen molar-refractivity contribution in [2.45, 2.75) is 26.4 Å². The van der Waals surface area contributed by atoms with Crippen LogP contribution in [-0.4, -0.2) is 34.6 Å². The van der Waals surface area contributed by atoms with Crippen molar-refractivity contribution in [1.82, 2.24) is 15.1 Å². The number of rotatable bonds is 4. The molecule has 1 N–H and O–H groups in total. The zero-order valence-corrected chi connectivity index (χ0v) is 10.7. The van der Waals surface area contributed by atoms with E-state index in [1.807, 2.05) is 20.8 Å². The summed E-state index contributed by atoms with van der Waals surface area (Å²) in [6, 6.07) is 1.76. The minimum Gasteiger partial charge on any atom is -0.476 e. The number of aryl methyl sites for hydroxylation is 1. The minimum absolute atomic E-state index is 0.374. The SMILES string of the molecule is Cn1nccc1OCCNC(=O)OC(C)(C)C. The monoisotopic (exact) mass is 241 g/mol. The van der Waals surface area contributed by atoms with E-state index in [0.29, 0.717) is 19.0 Å². The zero-order chi connectivity index (χ0) is 12.9. The molecule has 0 aliphatic heterocycles. The third-order valence-corrected chi connectivity index (χ3v) is 1.80. The van der Waals surface area contributed by atoms with E-state index in [2.05, 4.69) is 10.4 Å². The average Bonchev–Trinajstić information content (AvgIpc) is 2.56. The van der Waals surface area contributed by atoms with Gasteiger partial charge in [-0.05, 0) is 20.8 Å². The molecule has 1 amide bonds. The van der Waals surface area contributed by atoms with Crippen LogP contribution in [0, 0.1) is 0 Å². The van der Waals surface area contributed by atoms with E-state index < -0.39 is 11.7 Å². The van der Waals surface area contributed by atoms with Gasteiger partial charge >= 0.3 is 6.09 Å². The van der Waals surface area contributed by atoms with E-state index >= 15 is 0 Å². The Kier molecular flexibility index (Phi) is 4.37. The second-order valence-electron chi connectivity index (χ2n) is 4.57. The van der Waals surface area contributed by atoms with E-state index in [9.17, 15) is 4.79 Å². The summed E-state index contributed by atoms with van der Waals surface area (Å²) in [5.74, 6) is 0.663. The largest absolute Gasteiger partial charge is 0.476 e. The molecule has 1 aromatic rings. The Hall–Kier alpha value is -1.72.